The first-order valence-corrected chi connectivity index (χ1v) is 10.6. The van der Waals surface area contributed by atoms with Gasteiger partial charge >= 0.3 is 5.97 Å². The van der Waals surface area contributed by atoms with E-state index in [1.165, 1.54) is 12.1 Å². The summed E-state index contributed by atoms with van der Waals surface area (Å²) < 4.78 is 4.74. The van der Waals surface area contributed by atoms with Crippen molar-refractivity contribution < 1.29 is 9.53 Å². The molecule has 6 nitrogen and oxygen atoms in total. The van der Waals surface area contributed by atoms with Crippen LogP contribution in [-0.4, -0.2) is 63.2 Å². The molecule has 0 radical (unpaired) electrons. The van der Waals surface area contributed by atoms with E-state index in [9.17, 15) is 4.79 Å². The van der Waals surface area contributed by atoms with Gasteiger partial charge in [-0.2, -0.15) is 0 Å². The van der Waals surface area contributed by atoms with Crippen molar-refractivity contribution in [2.24, 2.45) is 4.99 Å². The summed E-state index contributed by atoms with van der Waals surface area (Å²) in [6.45, 7) is 7.64. The maximum atomic E-state index is 11.5. The number of esters is 1. The topological polar surface area (TPSA) is 57.2 Å². The number of rotatable bonds is 6. The van der Waals surface area contributed by atoms with Crippen molar-refractivity contribution in [3.63, 3.8) is 0 Å². The molecule has 0 bridgehead atoms. The Kier molecular flexibility index (Phi) is 9.72. The Labute approximate surface area is 194 Å². The predicted molar refractivity (Wildman–Crippen MR) is 131 cm³/mol. The number of nitrogens with one attached hydrogen (secondary N) is 1. The molecule has 1 N–H and O–H groups in total. The van der Waals surface area contributed by atoms with Crippen molar-refractivity contribution in [1.82, 2.24) is 10.2 Å². The Morgan fingerprint density at radius 1 is 1.17 bits per heavy atom. The molecule has 1 fully saturated rings. The number of hydrogen-bond acceptors (Lipinski definition) is 5. The molecule has 1 aliphatic heterocycles. The fourth-order valence-corrected chi connectivity index (χ4v) is 4.02. The van der Waals surface area contributed by atoms with Gasteiger partial charge in [0.2, 0.25) is 0 Å². The number of methoxy groups -OCH3 is 1. The van der Waals surface area contributed by atoms with Gasteiger partial charge in [-0.15, -0.1) is 35.3 Å². The number of anilines is 1. The molecule has 2 aromatic rings. The van der Waals surface area contributed by atoms with E-state index < -0.39 is 0 Å². The number of benzene rings is 1. The van der Waals surface area contributed by atoms with Gasteiger partial charge in [-0.25, -0.2) is 4.79 Å². The van der Waals surface area contributed by atoms with E-state index >= 15 is 0 Å². The Morgan fingerprint density at radius 2 is 1.90 bits per heavy atom. The molecule has 0 unspecified atom stereocenters. The third-order valence-electron chi connectivity index (χ3n) is 4.77. The summed E-state index contributed by atoms with van der Waals surface area (Å²) in [6.07, 6.45) is 0.839. The highest BCUT2D eigenvalue weighted by molar-refractivity contribution is 14.0. The van der Waals surface area contributed by atoms with Gasteiger partial charge in [0, 0.05) is 39.3 Å². The average molecular weight is 528 g/mol. The maximum Gasteiger partial charge on any atom is 0.337 e. The lowest BCUT2D eigenvalue weighted by molar-refractivity contribution is 0.0600. The zero-order chi connectivity index (χ0) is 19.8. The minimum Gasteiger partial charge on any atom is -0.465 e. The quantitative estimate of drug-likeness (QED) is 0.269. The molecule has 0 amide bonds. The number of ether oxygens (including phenoxy) is 1. The lowest BCUT2D eigenvalue weighted by Crippen LogP contribution is -2.52. The second-order valence-electron chi connectivity index (χ2n) is 6.60. The number of piperazine rings is 1. The first kappa shape index (κ1) is 23.5. The van der Waals surface area contributed by atoms with Crippen LogP contribution in [0.25, 0.3) is 0 Å². The molecule has 1 aliphatic rings. The molecule has 8 heteroatoms. The van der Waals surface area contributed by atoms with Crippen LogP contribution in [0.15, 0.2) is 46.8 Å². The third-order valence-corrected chi connectivity index (χ3v) is 5.70. The Hall–Kier alpha value is -1.81. The molecule has 0 spiro atoms. The van der Waals surface area contributed by atoms with E-state index in [0.29, 0.717) is 12.1 Å². The Bertz CT molecular complexity index is 772. The van der Waals surface area contributed by atoms with Crippen LogP contribution in [0.4, 0.5) is 5.00 Å². The molecule has 29 heavy (non-hydrogen) atoms. The summed E-state index contributed by atoms with van der Waals surface area (Å²) in [5.74, 6) is 0.681. The van der Waals surface area contributed by atoms with Crippen LogP contribution >= 0.6 is 35.3 Å². The highest BCUT2D eigenvalue weighted by Crippen LogP contribution is 2.22. The first-order chi connectivity index (χ1) is 13.7. The molecule has 3 rings (SSSR count). The molecule has 1 saturated heterocycles. The van der Waals surface area contributed by atoms with Gasteiger partial charge in [-0.3, -0.25) is 4.99 Å². The summed E-state index contributed by atoms with van der Waals surface area (Å²) in [5.41, 5.74) is 1.74. The number of hydrogen-bond donors (Lipinski definition) is 1. The highest BCUT2D eigenvalue weighted by Gasteiger charge is 2.20. The van der Waals surface area contributed by atoms with E-state index in [0.717, 1.165) is 50.7 Å². The van der Waals surface area contributed by atoms with E-state index in [1.54, 1.807) is 23.5 Å². The number of thiophene rings is 1. The van der Waals surface area contributed by atoms with Crippen LogP contribution in [0.2, 0.25) is 0 Å². The van der Waals surface area contributed by atoms with Crippen molar-refractivity contribution in [1.29, 1.82) is 0 Å². The summed E-state index contributed by atoms with van der Waals surface area (Å²) in [6, 6.07) is 11.8. The van der Waals surface area contributed by atoms with Gasteiger partial charge in [0.05, 0.1) is 17.7 Å². The maximum absolute atomic E-state index is 11.5. The van der Waals surface area contributed by atoms with Crippen molar-refractivity contribution >= 4 is 52.2 Å². The van der Waals surface area contributed by atoms with E-state index in [1.807, 2.05) is 12.1 Å². The van der Waals surface area contributed by atoms with Gasteiger partial charge in [0.15, 0.2) is 5.96 Å². The second kappa shape index (κ2) is 12.0. The normalized spacial score (nSPS) is 14.3. The van der Waals surface area contributed by atoms with Gasteiger partial charge in [0.1, 0.15) is 0 Å². The lowest BCUT2D eigenvalue weighted by atomic mass is 10.1. The number of carbonyl (C=O) groups excluding carboxylic acids is 1. The van der Waals surface area contributed by atoms with Crippen LogP contribution in [0.3, 0.4) is 0 Å². The fourth-order valence-electron chi connectivity index (χ4n) is 3.23. The van der Waals surface area contributed by atoms with Gasteiger partial charge in [-0.05, 0) is 48.6 Å². The summed E-state index contributed by atoms with van der Waals surface area (Å²) in [7, 11) is 1.40. The lowest BCUT2D eigenvalue weighted by Gasteiger charge is -2.37. The molecule has 0 atom stereocenters. The average Bonchev–Trinajstić information content (AvgIpc) is 3.28. The molecule has 0 aliphatic carbocycles. The molecular formula is C21H29IN4O2S. The highest BCUT2D eigenvalue weighted by atomic mass is 127. The Morgan fingerprint density at radius 3 is 2.48 bits per heavy atom. The molecule has 0 saturated carbocycles. The van der Waals surface area contributed by atoms with Crippen molar-refractivity contribution in [3.8, 4) is 0 Å². The third kappa shape index (κ3) is 6.60. The molecule has 158 valence electrons. The number of carbonyl (C=O) groups is 1. The van der Waals surface area contributed by atoms with Gasteiger partial charge in [-0.1, -0.05) is 12.1 Å². The Balaban J connectivity index is 0.00000300. The molecule has 1 aromatic carbocycles. The van der Waals surface area contributed by atoms with Crippen LogP contribution < -0.4 is 10.2 Å². The molecule has 1 aromatic heterocycles. The number of halogens is 1. The SMILES string of the molecule is CCNC(=NCCc1ccc(C(=O)OC)cc1)N1CCN(c2cccs2)CC1.I. The molecule has 2 heterocycles. The van der Waals surface area contributed by atoms with Crippen molar-refractivity contribution in [2.45, 2.75) is 13.3 Å². The molecular weight excluding hydrogens is 499 g/mol. The van der Waals surface area contributed by atoms with Crippen LogP contribution in [0, 0.1) is 0 Å². The van der Waals surface area contributed by atoms with Gasteiger partial charge in [0.25, 0.3) is 0 Å². The monoisotopic (exact) mass is 528 g/mol. The second-order valence-corrected chi connectivity index (χ2v) is 7.53. The minimum absolute atomic E-state index is 0. The smallest absolute Gasteiger partial charge is 0.337 e. The van der Waals surface area contributed by atoms with Crippen LogP contribution in [0.5, 0.6) is 0 Å². The zero-order valence-corrected chi connectivity index (χ0v) is 20.1. The van der Waals surface area contributed by atoms with E-state index in [4.69, 9.17) is 9.73 Å². The van der Waals surface area contributed by atoms with E-state index in [2.05, 4.69) is 39.6 Å². The van der Waals surface area contributed by atoms with Crippen molar-refractivity contribution in [2.75, 3.05) is 51.3 Å². The number of aliphatic imine (C=N–C) groups is 1. The summed E-state index contributed by atoms with van der Waals surface area (Å²) in [4.78, 5) is 21.1. The van der Waals surface area contributed by atoms with Gasteiger partial charge < -0.3 is 19.9 Å². The van der Waals surface area contributed by atoms with Crippen LogP contribution in [0.1, 0.15) is 22.8 Å². The number of nitrogens with zero attached hydrogens (tertiary/aromatic N) is 3. The number of guanidine groups is 1. The first-order valence-electron chi connectivity index (χ1n) is 9.70. The minimum atomic E-state index is -0.305. The van der Waals surface area contributed by atoms with Crippen molar-refractivity contribution in [3.05, 3.63) is 52.9 Å². The predicted octanol–water partition coefficient (Wildman–Crippen LogP) is 3.48. The largest absolute Gasteiger partial charge is 0.465 e. The summed E-state index contributed by atoms with van der Waals surface area (Å²) in [5, 5.41) is 6.89. The summed E-state index contributed by atoms with van der Waals surface area (Å²) >= 11 is 1.80. The fraction of sp³-hybridized carbons (Fsp3) is 0.429. The zero-order valence-electron chi connectivity index (χ0n) is 17.0. The van der Waals surface area contributed by atoms with E-state index in [-0.39, 0.29) is 29.9 Å². The standard InChI is InChI=1S/C21H28N4O2S.HI/c1-3-22-21(25-14-12-24(13-15-25)19-5-4-16-28-19)23-11-10-17-6-8-18(9-7-17)20(26)27-2;/h4-9,16H,3,10-15H2,1-2H3,(H,22,23);1H. The van der Waals surface area contributed by atoms with Crippen LogP contribution in [-0.2, 0) is 11.2 Å².